The molecular weight excluding hydrogens is 272 g/mol. The average Bonchev–Trinajstić information content (AvgIpc) is 2.82. The first-order chi connectivity index (χ1) is 9.58. The zero-order valence-corrected chi connectivity index (χ0v) is 13.1. The fraction of sp³-hybridized carbons (Fsp3) is 0.462. The highest BCUT2D eigenvalue weighted by Gasteiger charge is 2.07. The Morgan fingerprint density at radius 3 is 2.35 bits per heavy atom. The van der Waals surface area contributed by atoms with Crippen LogP contribution >= 0.6 is 11.3 Å². The van der Waals surface area contributed by atoms with Gasteiger partial charge in [-0.2, -0.15) is 15.0 Å². The van der Waals surface area contributed by atoms with E-state index in [1.807, 2.05) is 25.9 Å². The Bertz CT molecular complexity index is 566. The predicted molar refractivity (Wildman–Crippen MR) is 84.7 cm³/mol. The van der Waals surface area contributed by atoms with Crippen LogP contribution < -0.4 is 15.5 Å². The third kappa shape index (κ3) is 3.80. The molecule has 0 radical (unpaired) electrons. The molecule has 2 heterocycles. The minimum absolute atomic E-state index is 0.589. The molecular formula is C13H20N6S. The average molecular weight is 292 g/mol. The maximum atomic E-state index is 4.39. The summed E-state index contributed by atoms with van der Waals surface area (Å²) in [6.07, 6.45) is 0. The highest BCUT2D eigenvalue weighted by atomic mass is 32.1. The summed E-state index contributed by atoms with van der Waals surface area (Å²) in [4.78, 5) is 17.5. The van der Waals surface area contributed by atoms with Gasteiger partial charge in [0.15, 0.2) is 0 Å². The number of nitrogens with one attached hydrogen (secondary N) is 2. The molecule has 2 aromatic heterocycles. The van der Waals surface area contributed by atoms with Crippen LogP contribution in [0.15, 0.2) is 12.1 Å². The highest BCUT2D eigenvalue weighted by molar-refractivity contribution is 7.11. The standard InChI is InChI=1S/C13H20N6S/c1-5-14-11-16-12(18-13(17-11)19(3)4)15-8-10-7-6-9(2)20-10/h6-7H,5,8H2,1-4H3,(H2,14,15,16,17,18). The zero-order chi connectivity index (χ0) is 14.5. The molecule has 7 heteroatoms. The van der Waals surface area contributed by atoms with Crippen LogP contribution in [-0.2, 0) is 6.54 Å². The lowest BCUT2D eigenvalue weighted by molar-refractivity contribution is 0.938. The lowest BCUT2D eigenvalue weighted by Gasteiger charge is -2.13. The molecule has 0 fully saturated rings. The summed E-state index contributed by atoms with van der Waals surface area (Å²) in [5, 5.41) is 6.37. The van der Waals surface area contributed by atoms with Crippen LogP contribution in [0.3, 0.4) is 0 Å². The van der Waals surface area contributed by atoms with Gasteiger partial charge in [0.2, 0.25) is 17.8 Å². The Labute approximate surface area is 123 Å². The van der Waals surface area contributed by atoms with Crippen molar-refractivity contribution < 1.29 is 0 Å². The van der Waals surface area contributed by atoms with Crippen LogP contribution in [0.4, 0.5) is 17.8 Å². The fourth-order valence-electron chi connectivity index (χ4n) is 1.63. The van der Waals surface area contributed by atoms with Crippen LogP contribution in [0.5, 0.6) is 0 Å². The van der Waals surface area contributed by atoms with Gasteiger partial charge in [-0.15, -0.1) is 11.3 Å². The molecule has 0 aromatic carbocycles. The summed E-state index contributed by atoms with van der Waals surface area (Å²) < 4.78 is 0. The van der Waals surface area contributed by atoms with E-state index in [1.54, 1.807) is 11.3 Å². The summed E-state index contributed by atoms with van der Waals surface area (Å²) >= 11 is 1.77. The molecule has 0 atom stereocenters. The van der Waals surface area contributed by atoms with Gasteiger partial charge in [0.25, 0.3) is 0 Å². The van der Waals surface area contributed by atoms with Gasteiger partial charge in [0, 0.05) is 30.4 Å². The maximum absolute atomic E-state index is 4.39. The predicted octanol–water partition coefficient (Wildman–Crippen LogP) is 2.35. The molecule has 0 spiro atoms. The number of aromatic nitrogens is 3. The van der Waals surface area contributed by atoms with Gasteiger partial charge in [-0.05, 0) is 26.0 Å². The van der Waals surface area contributed by atoms with Gasteiger partial charge in [0.1, 0.15) is 0 Å². The summed E-state index contributed by atoms with van der Waals surface area (Å²) in [6, 6.07) is 4.23. The molecule has 2 rings (SSSR count). The van der Waals surface area contributed by atoms with Crippen LogP contribution in [0, 0.1) is 6.92 Å². The minimum Gasteiger partial charge on any atom is -0.354 e. The molecule has 0 bridgehead atoms. The van der Waals surface area contributed by atoms with E-state index < -0.39 is 0 Å². The SMILES string of the molecule is CCNc1nc(NCc2ccc(C)s2)nc(N(C)C)n1. The van der Waals surface area contributed by atoms with Gasteiger partial charge in [-0.25, -0.2) is 0 Å². The maximum Gasteiger partial charge on any atom is 0.231 e. The number of rotatable bonds is 6. The Hall–Kier alpha value is -1.89. The van der Waals surface area contributed by atoms with E-state index >= 15 is 0 Å². The topological polar surface area (TPSA) is 66.0 Å². The van der Waals surface area contributed by atoms with E-state index in [0.29, 0.717) is 17.8 Å². The first-order valence-corrected chi connectivity index (χ1v) is 7.36. The van der Waals surface area contributed by atoms with Crippen molar-refractivity contribution in [1.29, 1.82) is 0 Å². The second-order valence-electron chi connectivity index (χ2n) is 4.57. The van der Waals surface area contributed by atoms with E-state index in [1.165, 1.54) is 9.75 Å². The molecule has 2 N–H and O–H groups in total. The van der Waals surface area contributed by atoms with Crippen molar-refractivity contribution in [3.8, 4) is 0 Å². The van der Waals surface area contributed by atoms with Crippen LogP contribution in [0.1, 0.15) is 16.7 Å². The van der Waals surface area contributed by atoms with Crippen LogP contribution in [-0.4, -0.2) is 35.6 Å². The van der Waals surface area contributed by atoms with Crippen molar-refractivity contribution >= 4 is 29.2 Å². The monoisotopic (exact) mass is 292 g/mol. The summed E-state index contributed by atoms with van der Waals surface area (Å²) in [6.45, 7) is 5.62. The van der Waals surface area contributed by atoms with Crippen molar-refractivity contribution in [2.24, 2.45) is 0 Å². The molecule has 0 amide bonds. The Kier molecular flexibility index (Phi) is 4.73. The Balaban J connectivity index is 2.13. The third-order valence-electron chi connectivity index (χ3n) is 2.58. The Morgan fingerprint density at radius 2 is 1.80 bits per heavy atom. The number of hydrogen-bond donors (Lipinski definition) is 2. The quantitative estimate of drug-likeness (QED) is 0.852. The fourth-order valence-corrected chi connectivity index (χ4v) is 2.46. The second kappa shape index (κ2) is 6.51. The summed E-state index contributed by atoms with van der Waals surface area (Å²) in [5.41, 5.74) is 0. The van der Waals surface area contributed by atoms with E-state index in [2.05, 4.69) is 44.6 Å². The molecule has 0 unspecified atom stereocenters. The molecule has 108 valence electrons. The van der Waals surface area contributed by atoms with Crippen molar-refractivity contribution in [2.45, 2.75) is 20.4 Å². The largest absolute Gasteiger partial charge is 0.354 e. The molecule has 0 aliphatic rings. The Morgan fingerprint density at radius 1 is 1.10 bits per heavy atom. The van der Waals surface area contributed by atoms with Gasteiger partial charge < -0.3 is 15.5 Å². The number of hydrogen-bond acceptors (Lipinski definition) is 7. The number of nitrogens with zero attached hydrogens (tertiary/aromatic N) is 4. The summed E-state index contributed by atoms with van der Waals surface area (Å²) in [7, 11) is 3.83. The molecule has 0 aliphatic heterocycles. The minimum atomic E-state index is 0.589. The van der Waals surface area contributed by atoms with Crippen molar-refractivity contribution in [3.63, 3.8) is 0 Å². The lowest BCUT2D eigenvalue weighted by atomic mass is 10.4. The van der Waals surface area contributed by atoms with Gasteiger partial charge in [-0.1, -0.05) is 0 Å². The van der Waals surface area contributed by atoms with E-state index in [4.69, 9.17) is 0 Å². The van der Waals surface area contributed by atoms with Gasteiger partial charge in [-0.3, -0.25) is 0 Å². The first-order valence-electron chi connectivity index (χ1n) is 6.55. The lowest BCUT2D eigenvalue weighted by Crippen LogP contribution is -2.17. The van der Waals surface area contributed by atoms with Crippen molar-refractivity contribution in [3.05, 3.63) is 21.9 Å². The first kappa shape index (κ1) is 14.5. The number of aryl methyl sites for hydroxylation is 1. The van der Waals surface area contributed by atoms with Crippen LogP contribution in [0.2, 0.25) is 0 Å². The van der Waals surface area contributed by atoms with Crippen molar-refractivity contribution in [2.75, 3.05) is 36.2 Å². The molecule has 0 saturated heterocycles. The molecule has 6 nitrogen and oxygen atoms in total. The molecule has 2 aromatic rings. The smallest absolute Gasteiger partial charge is 0.231 e. The normalized spacial score (nSPS) is 10.4. The van der Waals surface area contributed by atoms with Crippen molar-refractivity contribution in [1.82, 2.24) is 15.0 Å². The highest BCUT2D eigenvalue weighted by Crippen LogP contribution is 2.17. The van der Waals surface area contributed by atoms with E-state index in [-0.39, 0.29) is 0 Å². The second-order valence-corrected chi connectivity index (χ2v) is 5.95. The molecule has 0 aliphatic carbocycles. The van der Waals surface area contributed by atoms with Gasteiger partial charge >= 0.3 is 0 Å². The molecule has 0 saturated carbocycles. The third-order valence-corrected chi connectivity index (χ3v) is 3.58. The number of thiophene rings is 1. The van der Waals surface area contributed by atoms with Gasteiger partial charge in [0.05, 0.1) is 6.54 Å². The summed E-state index contributed by atoms with van der Waals surface area (Å²) in [5.74, 6) is 1.82. The van der Waals surface area contributed by atoms with E-state index in [9.17, 15) is 0 Å². The molecule has 20 heavy (non-hydrogen) atoms. The van der Waals surface area contributed by atoms with E-state index in [0.717, 1.165) is 13.1 Å². The zero-order valence-electron chi connectivity index (χ0n) is 12.3. The van der Waals surface area contributed by atoms with Crippen LogP contribution in [0.25, 0.3) is 0 Å². The number of anilines is 3.